The van der Waals surface area contributed by atoms with Crippen molar-refractivity contribution in [3.63, 3.8) is 0 Å². The molecule has 1 amide bonds. The minimum absolute atomic E-state index is 0.0247. The van der Waals surface area contributed by atoms with Crippen LogP contribution in [0.5, 0.6) is 5.75 Å². The van der Waals surface area contributed by atoms with Gasteiger partial charge >= 0.3 is 6.36 Å². The zero-order valence-electron chi connectivity index (χ0n) is 8.54. The van der Waals surface area contributed by atoms with Gasteiger partial charge < -0.3 is 15.8 Å². The molecule has 1 aromatic carbocycles. The van der Waals surface area contributed by atoms with Crippen LogP contribution in [0.1, 0.15) is 0 Å². The summed E-state index contributed by atoms with van der Waals surface area (Å²) in [6.45, 7) is 3.20. The number of carbonyl (C=O) groups is 1. The number of carbonyl (C=O) groups excluding carboxylic acids is 1. The smallest absolute Gasteiger partial charge is 0.406 e. The summed E-state index contributed by atoms with van der Waals surface area (Å²) in [5.74, 6) is -1.05. The van der Waals surface area contributed by atoms with Crippen LogP contribution in [0.25, 0.3) is 0 Å². The van der Waals surface area contributed by atoms with Gasteiger partial charge in [0.1, 0.15) is 5.75 Å². The average molecular weight is 246 g/mol. The first-order chi connectivity index (χ1) is 7.81. The summed E-state index contributed by atoms with van der Waals surface area (Å²) in [5.41, 5.74) is 5.62. The number of amides is 1. The van der Waals surface area contributed by atoms with E-state index in [-0.39, 0.29) is 11.4 Å². The zero-order valence-corrected chi connectivity index (χ0v) is 8.54. The number of nitrogens with two attached hydrogens (primary N) is 1. The van der Waals surface area contributed by atoms with Gasteiger partial charge in [-0.2, -0.15) is 0 Å². The van der Waals surface area contributed by atoms with Crippen LogP contribution < -0.4 is 15.8 Å². The molecule has 3 N–H and O–H groups in total. The summed E-state index contributed by atoms with van der Waals surface area (Å²) >= 11 is 0. The SMILES string of the molecule is C=CC(=O)Nc1cc(OC(F)(F)F)ccc1N. The molecule has 1 aromatic rings. The van der Waals surface area contributed by atoms with E-state index < -0.39 is 18.0 Å². The van der Waals surface area contributed by atoms with E-state index in [1.165, 1.54) is 6.07 Å². The fourth-order valence-electron chi connectivity index (χ4n) is 1.02. The summed E-state index contributed by atoms with van der Waals surface area (Å²) < 4.78 is 39.5. The molecule has 17 heavy (non-hydrogen) atoms. The lowest BCUT2D eigenvalue weighted by molar-refractivity contribution is -0.274. The van der Waals surface area contributed by atoms with Gasteiger partial charge in [-0.3, -0.25) is 4.79 Å². The van der Waals surface area contributed by atoms with Crippen molar-refractivity contribution >= 4 is 17.3 Å². The molecular weight excluding hydrogens is 237 g/mol. The van der Waals surface area contributed by atoms with E-state index in [2.05, 4.69) is 16.6 Å². The maximum Gasteiger partial charge on any atom is 0.573 e. The summed E-state index contributed by atoms with van der Waals surface area (Å²) in [6.07, 6.45) is -3.83. The third-order valence-electron chi connectivity index (χ3n) is 1.70. The number of nitrogens with one attached hydrogen (secondary N) is 1. The van der Waals surface area contributed by atoms with Crippen molar-refractivity contribution in [2.24, 2.45) is 0 Å². The Balaban J connectivity index is 2.94. The Bertz CT molecular complexity index is 444. The van der Waals surface area contributed by atoms with E-state index in [0.717, 1.165) is 18.2 Å². The summed E-state index contributed by atoms with van der Waals surface area (Å²) in [5, 5.41) is 2.26. The van der Waals surface area contributed by atoms with Crippen LogP contribution in [0.4, 0.5) is 24.5 Å². The maximum absolute atomic E-state index is 11.9. The van der Waals surface area contributed by atoms with Gasteiger partial charge in [0.05, 0.1) is 11.4 Å². The molecule has 92 valence electrons. The molecular formula is C10H9F3N2O2. The normalized spacial score (nSPS) is 10.8. The first-order valence-corrected chi connectivity index (χ1v) is 4.40. The van der Waals surface area contributed by atoms with Crippen molar-refractivity contribution in [1.29, 1.82) is 0 Å². The number of anilines is 2. The predicted octanol–water partition coefficient (Wildman–Crippen LogP) is 2.29. The highest BCUT2D eigenvalue weighted by Gasteiger charge is 2.31. The first-order valence-electron chi connectivity index (χ1n) is 4.40. The van der Waals surface area contributed by atoms with Crippen LogP contribution in [0, 0.1) is 0 Å². The highest BCUT2D eigenvalue weighted by atomic mass is 19.4. The molecule has 0 spiro atoms. The molecule has 7 heteroatoms. The van der Waals surface area contributed by atoms with Gasteiger partial charge in [0, 0.05) is 6.07 Å². The van der Waals surface area contributed by atoms with Crippen LogP contribution in [-0.4, -0.2) is 12.3 Å². The number of hydrogen-bond donors (Lipinski definition) is 2. The van der Waals surface area contributed by atoms with Crippen molar-refractivity contribution in [2.45, 2.75) is 6.36 Å². The molecule has 0 aliphatic heterocycles. The molecule has 4 nitrogen and oxygen atoms in total. The van der Waals surface area contributed by atoms with Crippen molar-refractivity contribution in [3.8, 4) is 5.75 Å². The van der Waals surface area contributed by atoms with Crippen LogP contribution in [-0.2, 0) is 4.79 Å². The van der Waals surface area contributed by atoms with Crippen LogP contribution in [0.3, 0.4) is 0 Å². The molecule has 1 rings (SSSR count). The third-order valence-corrected chi connectivity index (χ3v) is 1.70. The highest BCUT2D eigenvalue weighted by molar-refractivity contribution is 6.01. The van der Waals surface area contributed by atoms with Crippen LogP contribution in [0.15, 0.2) is 30.9 Å². The van der Waals surface area contributed by atoms with Gasteiger partial charge in [-0.15, -0.1) is 13.2 Å². The van der Waals surface area contributed by atoms with Gasteiger partial charge in [-0.05, 0) is 18.2 Å². The number of alkyl halides is 3. The Morgan fingerprint density at radius 2 is 2.12 bits per heavy atom. The number of benzene rings is 1. The fraction of sp³-hybridized carbons (Fsp3) is 0.100. The second kappa shape index (κ2) is 4.77. The Kier molecular flexibility index (Phi) is 3.62. The van der Waals surface area contributed by atoms with E-state index in [4.69, 9.17) is 5.73 Å². The maximum atomic E-state index is 11.9. The fourth-order valence-corrected chi connectivity index (χ4v) is 1.02. The molecule has 0 radical (unpaired) electrons. The van der Waals surface area contributed by atoms with Crippen molar-refractivity contribution in [2.75, 3.05) is 11.1 Å². The standard InChI is InChI=1S/C10H9F3N2O2/c1-2-9(16)15-8-5-6(3-4-7(8)14)17-10(11,12)13/h2-5H,1,14H2,(H,15,16). The van der Waals surface area contributed by atoms with Gasteiger partial charge in [0.15, 0.2) is 0 Å². The number of hydrogen-bond acceptors (Lipinski definition) is 3. The molecule has 0 saturated carbocycles. The number of rotatable bonds is 3. The topological polar surface area (TPSA) is 64.3 Å². The number of ether oxygens (including phenoxy) is 1. The minimum atomic E-state index is -4.80. The largest absolute Gasteiger partial charge is 0.573 e. The molecule has 0 atom stereocenters. The van der Waals surface area contributed by atoms with Crippen molar-refractivity contribution in [3.05, 3.63) is 30.9 Å². The van der Waals surface area contributed by atoms with Gasteiger partial charge in [0.2, 0.25) is 5.91 Å². The second-order valence-electron chi connectivity index (χ2n) is 2.99. The molecule has 0 aliphatic carbocycles. The molecule has 0 fully saturated rings. The molecule has 0 aromatic heterocycles. The summed E-state index contributed by atoms with van der Waals surface area (Å²) in [7, 11) is 0. The van der Waals surface area contributed by atoms with Crippen LogP contribution >= 0.6 is 0 Å². The van der Waals surface area contributed by atoms with Crippen molar-refractivity contribution in [1.82, 2.24) is 0 Å². The lowest BCUT2D eigenvalue weighted by atomic mass is 10.2. The number of nitrogen functional groups attached to an aromatic ring is 1. The van der Waals surface area contributed by atoms with Crippen LogP contribution in [0.2, 0.25) is 0 Å². The Morgan fingerprint density at radius 1 is 1.47 bits per heavy atom. The van der Waals surface area contributed by atoms with Gasteiger partial charge in [0.25, 0.3) is 0 Å². The van der Waals surface area contributed by atoms with E-state index in [0.29, 0.717) is 0 Å². The predicted molar refractivity (Wildman–Crippen MR) is 56.4 cm³/mol. The van der Waals surface area contributed by atoms with E-state index in [1.807, 2.05) is 0 Å². The summed E-state index contributed by atoms with van der Waals surface area (Å²) in [4.78, 5) is 11.0. The molecule has 0 heterocycles. The molecule has 0 aliphatic rings. The Morgan fingerprint density at radius 3 is 2.65 bits per heavy atom. The quantitative estimate of drug-likeness (QED) is 0.635. The van der Waals surface area contributed by atoms with E-state index in [1.54, 1.807) is 0 Å². The van der Waals surface area contributed by atoms with Crippen molar-refractivity contribution < 1.29 is 22.7 Å². The average Bonchev–Trinajstić information content (AvgIpc) is 2.20. The first kappa shape index (κ1) is 12.9. The monoisotopic (exact) mass is 246 g/mol. The Hall–Kier alpha value is -2.18. The third kappa shape index (κ3) is 4.06. The molecule has 0 bridgehead atoms. The molecule has 0 saturated heterocycles. The molecule has 0 unspecified atom stereocenters. The highest BCUT2D eigenvalue weighted by Crippen LogP contribution is 2.28. The zero-order chi connectivity index (χ0) is 13.1. The van der Waals surface area contributed by atoms with E-state index in [9.17, 15) is 18.0 Å². The number of halogens is 3. The van der Waals surface area contributed by atoms with Gasteiger partial charge in [-0.1, -0.05) is 6.58 Å². The Labute approximate surface area is 94.9 Å². The van der Waals surface area contributed by atoms with Gasteiger partial charge in [-0.25, -0.2) is 0 Å². The van der Waals surface area contributed by atoms with E-state index >= 15 is 0 Å². The summed E-state index contributed by atoms with van der Waals surface area (Å²) in [6, 6.07) is 3.22. The lowest BCUT2D eigenvalue weighted by Crippen LogP contribution is -2.17. The lowest BCUT2D eigenvalue weighted by Gasteiger charge is -2.11. The minimum Gasteiger partial charge on any atom is -0.406 e. The second-order valence-corrected chi connectivity index (χ2v) is 2.99.